The fourth-order valence-electron chi connectivity index (χ4n) is 3.12. The van der Waals surface area contributed by atoms with Gasteiger partial charge in [0.15, 0.2) is 0 Å². The fourth-order valence-corrected chi connectivity index (χ4v) is 4.37. The second-order valence-corrected chi connectivity index (χ2v) is 8.28. The molecule has 1 N–H and O–H groups in total. The molecular formula is C22H19Cl2NO3S. The van der Waals surface area contributed by atoms with Gasteiger partial charge >= 0.3 is 5.97 Å². The molecule has 4 nitrogen and oxygen atoms in total. The summed E-state index contributed by atoms with van der Waals surface area (Å²) in [7, 11) is 0. The molecular weight excluding hydrogens is 429 g/mol. The van der Waals surface area contributed by atoms with Crippen LogP contribution in [0, 0.1) is 0 Å². The standard InChI is InChI=1S/C22H19Cl2NO3S/c1-3-28-22(27)19-13(2)25-21(29-17-10-8-16(24)9-11-17)18(12-26)20(19)14-4-6-15(23)7-5-14/h4-12,20,25H,3H2,1-2H3/t20-/m0/s1. The largest absolute Gasteiger partial charge is 0.463 e. The van der Waals surface area contributed by atoms with E-state index in [-0.39, 0.29) is 6.61 Å². The molecule has 0 radical (unpaired) electrons. The Morgan fingerprint density at radius 2 is 1.69 bits per heavy atom. The van der Waals surface area contributed by atoms with Gasteiger partial charge in [-0.05, 0) is 55.8 Å². The number of dihydropyridines is 1. The molecule has 0 fully saturated rings. The van der Waals surface area contributed by atoms with Gasteiger partial charge in [0.25, 0.3) is 0 Å². The van der Waals surface area contributed by atoms with Gasteiger partial charge in [-0.25, -0.2) is 4.79 Å². The molecule has 0 aliphatic carbocycles. The van der Waals surface area contributed by atoms with Gasteiger partial charge in [-0.2, -0.15) is 0 Å². The number of benzene rings is 2. The van der Waals surface area contributed by atoms with E-state index in [4.69, 9.17) is 27.9 Å². The maximum atomic E-state index is 12.7. The van der Waals surface area contributed by atoms with E-state index < -0.39 is 11.9 Å². The molecule has 0 amide bonds. The van der Waals surface area contributed by atoms with E-state index >= 15 is 0 Å². The second-order valence-electron chi connectivity index (χ2n) is 6.33. The molecule has 0 saturated carbocycles. The maximum absolute atomic E-state index is 12.7. The van der Waals surface area contributed by atoms with E-state index in [2.05, 4.69) is 5.32 Å². The number of halogens is 2. The first kappa shape index (κ1) is 21.5. The molecule has 7 heteroatoms. The lowest BCUT2D eigenvalue weighted by Gasteiger charge is -2.30. The molecule has 29 heavy (non-hydrogen) atoms. The number of carbonyl (C=O) groups is 2. The van der Waals surface area contributed by atoms with Crippen molar-refractivity contribution < 1.29 is 14.3 Å². The molecule has 0 saturated heterocycles. The zero-order valence-electron chi connectivity index (χ0n) is 15.9. The highest BCUT2D eigenvalue weighted by atomic mass is 35.5. The molecule has 3 rings (SSSR count). The number of esters is 1. The van der Waals surface area contributed by atoms with Crippen LogP contribution in [-0.4, -0.2) is 18.9 Å². The monoisotopic (exact) mass is 447 g/mol. The lowest BCUT2D eigenvalue weighted by Crippen LogP contribution is -2.29. The summed E-state index contributed by atoms with van der Waals surface area (Å²) in [6.07, 6.45) is 0.788. The van der Waals surface area contributed by atoms with Crippen LogP contribution in [0.3, 0.4) is 0 Å². The van der Waals surface area contributed by atoms with E-state index in [1.165, 1.54) is 11.8 Å². The molecule has 2 aromatic rings. The zero-order chi connectivity index (χ0) is 21.0. The summed E-state index contributed by atoms with van der Waals surface area (Å²) in [6.45, 7) is 3.80. The predicted octanol–water partition coefficient (Wildman–Crippen LogP) is 5.72. The van der Waals surface area contributed by atoms with Gasteiger partial charge in [-0.3, -0.25) is 4.79 Å². The van der Waals surface area contributed by atoms with Crippen molar-refractivity contribution in [2.75, 3.05) is 6.61 Å². The Hall–Kier alpha value is -2.21. The average molecular weight is 448 g/mol. The predicted molar refractivity (Wildman–Crippen MR) is 117 cm³/mol. The van der Waals surface area contributed by atoms with E-state index in [1.54, 1.807) is 38.1 Å². The molecule has 0 spiro atoms. The van der Waals surface area contributed by atoms with Crippen LogP contribution in [0.25, 0.3) is 0 Å². The number of allylic oxidation sites excluding steroid dienone is 2. The summed E-state index contributed by atoms with van der Waals surface area (Å²) in [5, 5.41) is 5.08. The third-order valence-electron chi connectivity index (χ3n) is 4.43. The third kappa shape index (κ3) is 4.86. The normalized spacial score (nSPS) is 16.5. The van der Waals surface area contributed by atoms with Crippen molar-refractivity contribution in [3.8, 4) is 0 Å². The number of aldehydes is 1. The van der Waals surface area contributed by atoms with E-state index in [9.17, 15) is 9.59 Å². The number of carbonyl (C=O) groups excluding carboxylic acids is 2. The first-order valence-corrected chi connectivity index (χ1v) is 10.5. The molecule has 1 heterocycles. The lowest BCUT2D eigenvalue weighted by atomic mass is 9.82. The molecule has 1 aliphatic rings. The first-order valence-electron chi connectivity index (χ1n) is 8.97. The number of thioether (sulfide) groups is 1. The summed E-state index contributed by atoms with van der Waals surface area (Å²) < 4.78 is 5.26. The number of nitrogens with one attached hydrogen (secondary N) is 1. The molecule has 150 valence electrons. The van der Waals surface area contributed by atoms with Crippen LogP contribution >= 0.6 is 35.0 Å². The van der Waals surface area contributed by atoms with E-state index in [1.807, 2.05) is 24.3 Å². The Balaban J connectivity index is 2.10. The average Bonchev–Trinajstić information content (AvgIpc) is 2.70. The maximum Gasteiger partial charge on any atom is 0.336 e. The first-order chi connectivity index (χ1) is 13.9. The van der Waals surface area contributed by atoms with Gasteiger partial charge < -0.3 is 10.1 Å². The van der Waals surface area contributed by atoms with Gasteiger partial charge in [0, 0.05) is 32.1 Å². The SMILES string of the molecule is CCOC(=O)C1=C(C)NC(Sc2ccc(Cl)cc2)=C(C=O)[C@@H]1c1ccc(Cl)cc1. The highest BCUT2D eigenvalue weighted by Gasteiger charge is 2.35. The second kappa shape index (κ2) is 9.53. The summed E-state index contributed by atoms with van der Waals surface area (Å²) in [6, 6.07) is 14.5. The van der Waals surface area contributed by atoms with Gasteiger partial charge in [0.2, 0.25) is 0 Å². The van der Waals surface area contributed by atoms with Crippen molar-refractivity contribution in [1.29, 1.82) is 0 Å². The highest BCUT2D eigenvalue weighted by molar-refractivity contribution is 8.03. The summed E-state index contributed by atoms with van der Waals surface area (Å²) in [5.41, 5.74) is 2.30. The van der Waals surface area contributed by atoms with Crippen molar-refractivity contribution in [3.05, 3.63) is 86.0 Å². The Morgan fingerprint density at radius 1 is 1.10 bits per heavy atom. The van der Waals surface area contributed by atoms with Crippen LogP contribution in [0.4, 0.5) is 0 Å². The zero-order valence-corrected chi connectivity index (χ0v) is 18.2. The summed E-state index contributed by atoms with van der Waals surface area (Å²) in [4.78, 5) is 25.8. The molecule has 2 aromatic carbocycles. The molecule has 0 aromatic heterocycles. The van der Waals surface area contributed by atoms with Crippen molar-refractivity contribution in [3.63, 3.8) is 0 Å². The van der Waals surface area contributed by atoms with Crippen LogP contribution in [0.2, 0.25) is 10.0 Å². The summed E-state index contributed by atoms with van der Waals surface area (Å²) in [5.74, 6) is -1.01. The van der Waals surface area contributed by atoms with E-state index in [0.717, 1.165) is 16.7 Å². The van der Waals surface area contributed by atoms with Crippen molar-refractivity contribution in [2.45, 2.75) is 24.7 Å². The number of rotatable bonds is 6. The van der Waals surface area contributed by atoms with E-state index in [0.29, 0.717) is 31.9 Å². The molecule has 1 atom stereocenters. The van der Waals surface area contributed by atoms with Gasteiger partial charge in [0.05, 0.1) is 17.2 Å². The third-order valence-corrected chi connectivity index (χ3v) is 5.98. The Labute approximate surface area is 183 Å². The van der Waals surface area contributed by atoms with Crippen molar-refractivity contribution >= 4 is 47.2 Å². The summed E-state index contributed by atoms with van der Waals surface area (Å²) >= 11 is 13.4. The molecule has 0 unspecified atom stereocenters. The Morgan fingerprint density at radius 3 is 2.24 bits per heavy atom. The number of hydrogen-bond acceptors (Lipinski definition) is 5. The Bertz CT molecular complexity index is 982. The quantitative estimate of drug-likeness (QED) is 0.453. The van der Waals surface area contributed by atoms with Crippen LogP contribution in [0.1, 0.15) is 25.3 Å². The Kier molecular flexibility index (Phi) is 7.06. The minimum atomic E-state index is -0.556. The van der Waals surface area contributed by atoms with Gasteiger partial charge in [-0.15, -0.1) is 0 Å². The van der Waals surface area contributed by atoms with Gasteiger partial charge in [0.1, 0.15) is 6.29 Å². The van der Waals surface area contributed by atoms with Crippen molar-refractivity contribution in [2.24, 2.45) is 0 Å². The number of hydrogen-bond donors (Lipinski definition) is 1. The molecule has 1 aliphatic heterocycles. The smallest absolute Gasteiger partial charge is 0.336 e. The van der Waals surface area contributed by atoms with Crippen LogP contribution in [-0.2, 0) is 14.3 Å². The fraction of sp³-hybridized carbons (Fsp3) is 0.182. The lowest BCUT2D eigenvalue weighted by molar-refractivity contribution is -0.138. The van der Waals surface area contributed by atoms with Gasteiger partial charge in [-0.1, -0.05) is 47.1 Å². The topological polar surface area (TPSA) is 55.4 Å². The van der Waals surface area contributed by atoms with Crippen LogP contribution < -0.4 is 5.32 Å². The minimum absolute atomic E-state index is 0.246. The molecule has 0 bridgehead atoms. The van der Waals surface area contributed by atoms with Crippen LogP contribution in [0.5, 0.6) is 0 Å². The minimum Gasteiger partial charge on any atom is -0.463 e. The number of ether oxygens (including phenoxy) is 1. The highest BCUT2D eigenvalue weighted by Crippen LogP contribution is 2.42. The van der Waals surface area contributed by atoms with Crippen molar-refractivity contribution in [1.82, 2.24) is 5.32 Å². The van der Waals surface area contributed by atoms with Crippen LogP contribution in [0.15, 0.2) is 75.3 Å².